The monoisotopic (exact) mass is 348 g/mol. The number of aromatic nitrogens is 3. The average Bonchev–Trinajstić information content (AvgIpc) is 2.95. The summed E-state index contributed by atoms with van der Waals surface area (Å²) in [5.74, 6) is 0.874. The van der Waals surface area contributed by atoms with Crippen LogP contribution in [0.15, 0.2) is 56.4 Å². The molecule has 8 heteroatoms. The molecule has 0 aliphatic rings. The van der Waals surface area contributed by atoms with Gasteiger partial charge in [0.15, 0.2) is 0 Å². The van der Waals surface area contributed by atoms with E-state index in [2.05, 4.69) is 19.5 Å². The Morgan fingerprint density at radius 1 is 1.17 bits per heavy atom. The van der Waals surface area contributed by atoms with Crippen molar-refractivity contribution in [1.82, 2.24) is 15.1 Å². The van der Waals surface area contributed by atoms with Crippen LogP contribution in [-0.2, 0) is 9.73 Å². The summed E-state index contributed by atoms with van der Waals surface area (Å²) in [4.78, 5) is 8.94. The minimum atomic E-state index is -2.58. The van der Waals surface area contributed by atoms with Gasteiger partial charge in [-0.05, 0) is 36.4 Å². The zero-order valence-electron chi connectivity index (χ0n) is 12.4. The Bertz CT molecular complexity index is 942. The highest BCUT2D eigenvalue weighted by atomic mass is 35.5. The molecule has 0 bridgehead atoms. The van der Waals surface area contributed by atoms with Crippen LogP contribution in [0.5, 0.6) is 0 Å². The summed E-state index contributed by atoms with van der Waals surface area (Å²) in [5.41, 5.74) is 1.08. The van der Waals surface area contributed by atoms with E-state index in [4.69, 9.17) is 16.1 Å². The Hall–Kier alpha value is -2.25. The topological polar surface area (TPSA) is 81.2 Å². The Morgan fingerprint density at radius 2 is 1.91 bits per heavy atom. The van der Waals surface area contributed by atoms with Crippen LogP contribution in [0.4, 0.5) is 5.69 Å². The summed E-state index contributed by atoms with van der Waals surface area (Å²) in [6.07, 6.45) is 3.10. The van der Waals surface area contributed by atoms with Gasteiger partial charge < -0.3 is 4.52 Å². The van der Waals surface area contributed by atoms with Crippen molar-refractivity contribution in [3.63, 3.8) is 0 Å². The lowest BCUT2D eigenvalue weighted by Gasteiger charge is -2.04. The molecule has 0 radical (unpaired) electrons. The van der Waals surface area contributed by atoms with E-state index in [1.165, 1.54) is 6.20 Å². The molecule has 0 N–H and O–H groups in total. The number of halogens is 1. The standard InChI is InChI=1S/C15H13ClN4O2S/c1-10-18-15(19-22-10)14-8-5-12(9-17-14)20-23(2,21)13-6-3-11(16)4-7-13/h3-9H,1-2H3. The molecule has 0 saturated heterocycles. The van der Waals surface area contributed by atoms with Crippen LogP contribution in [0.1, 0.15) is 5.89 Å². The number of benzene rings is 1. The normalized spacial score (nSPS) is 13.5. The minimum absolute atomic E-state index is 0.406. The fourth-order valence-electron chi connectivity index (χ4n) is 1.92. The van der Waals surface area contributed by atoms with Gasteiger partial charge in [0.05, 0.1) is 21.6 Å². The van der Waals surface area contributed by atoms with Crippen molar-refractivity contribution < 1.29 is 8.73 Å². The highest BCUT2D eigenvalue weighted by Crippen LogP contribution is 2.22. The molecule has 118 valence electrons. The fraction of sp³-hybridized carbons (Fsp3) is 0.133. The molecule has 0 spiro atoms. The van der Waals surface area contributed by atoms with Crippen LogP contribution in [0.2, 0.25) is 5.02 Å². The number of pyridine rings is 1. The van der Waals surface area contributed by atoms with Crippen LogP contribution >= 0.6 is 11.6 Å². The first-order valence-electron chi connectivity index (χ1n) is 6.68. The lowest BCUT2D eigenvalue weighted by atomic mass is 10.3. The molecule has 6 nitrogen and oxygen atoms in total. The Balaban J connectivity index is 1.92. The maximum Gasteiger partial charge on any atom is 0.223 e. The SMILES string of the molecule is Cc1nc(-c2ccc(N=S(C)(=O)c3ccc(Cl)cc3)cn2)no1. The van der Waals surface area contributed by atoms with Gasteiger partial charge in [0, 0.05) is 23.1 Å². The van der Waals surface area contributed by atoms with Crippen LogP contribution in [-0.4, -0.2) is 25.6 Å². The summed E-state index contributed by atoms with van der Waals surface area (Å²) >= 11 is 5.85. The maximum absolute atomic E-state index is 12.7. The van der Waals surface area contributed by atoms with E-state index in [1.807, 2.05) is 0 Å². The van der Waals surface area contributed by atoms with Crippen molar-refractivity contribution in [1.29, 1.82) is 0 Å². The lowest BCUT2D eigenvalue weighted by molar-refractivity contribution is 0.394. The first kappa shape index (κ1) is 15.6. The number of nitrogens with zero attached hydrogens (tertiary/aromatic N) is 4. The first-order valence-corrected chi connectivity index (χ1v) is 8.99. The van der Waals surface area contributed by atoms with Crippen molar-refractivity contribution in [2.75, 3.05) is 6.26 Å². The molecular formula is C15H13ClN4O2S. The minimum Gasteiger partial charge on any atom is -0.339 e. The second-order valence-electron chi connectivity index (χ2n) is 4.89. The van der Waals surface area contributed by atoms with E-state index < -0.39 is 9.73 Å². The predicted octanol–water partition coefficient (Wildman–Crippen LogP) is 3.88. The molecule has 2 heterocycles. The molecule has 0 amide bonds. The molecule has 1 atom stereocenters. The van der Waals surface area contributed by atoms with Crippen LogP contribution in [0.25, 0.3) is 11.5 Å². The molecule has 1 aromatic carbocycles. The third-order valence-electron chi connectivity index (χ3n) is 3.04. The average molecular weight is 349 g/mol. The van der Waals surface area contributed by atoms with Gasteiger partial charge in [-0.3, -0.25) is 4.98 Å². The summed E-state index contributed by atoms with van der Waals surface area (Å²) in [7, 11) is -2.58. The predicted molar refractivity (Wildman–Crippen MR) is 88.1 cm³/mol. The fourth-order valence-corrected chi connectivity index (χ4v) is 3.30. The van der Waals surface area contributed by atoms with Gasteiger partial charge in [-0.1, -0.05) is 16.8 Å². The van der Waals surface area contributed by atoms with Gasteiger partial charge in [-0.15, -0.1) is 0 Å². The Labute approximate surface area is 138 Å². The number of hydrogen-bond donors (Lipinski definition) is 0. The van der Waals surface area contributed by atoms with Gasteiger partial charge in [-0.2, -0.15) is 9.35 Å². The Kier molecular flexibility index (Phi) is 4.14. The summed E-state index contributed by atoms with van der Waals surface area (Å²) in [6.45, 7) is 1.71. The molecule has 3 rings (SSSR count). The number of aryl methyl sites for hydroxylation is 1. The Morgan fingerprint density at radius 3 is 2.48 bits per heavy atom. The van der Waals surface area contributed by atoms with E-state index in [1.54, 1.807) is 49.6 Å². The second kappa shape index (κ2) is 6.10. The van der Waals surface area contributed by atoms with E-state index in [9.17, 15) is 4.21 Å². The molecule has 0 saturated carbocycles. The molecule has 0 aliphatic heterocycles. The largest absolute Gasteiger partial charge is 0.339 e. The quantitative estimate of drug-likeness (QED) is 0.717. The zero-order valence-corrected chi connectivity index (χ0v) is 14.0. The van der Waals surface area contributed by atoms with E-state index in [-0.39, 0.29) is 0 Å². The van der Waals surface area contributed by atoms with Gasteiger partial charge in [0.25, 0.3) is 0 Å². The second-order valence-corrected chi connectivity index (χ2v) is 7.58. The number of hydrogen-bond acceptors (Lipinski definition) is 6. The van der Waals surface area contributed by atoms with Crippen molar-refractivity contribution in [3.05, 3.63) is 53.5 Å². The van der Waals surface area contributed by atoms with Crippen molar-refractivity contribution in [2.24, 2.45) is 4.36 Å². The van der Waals surface area contributed by atoms with Crippen molar-refractivity contribution in [2.45, 2.75) is 11.8 Å². The molecule has 0 aliphatic carbocycles. The van der Waals surface area contributed by atoms with E-state index >= 15 is 0 Å². The van der Waals surface area contributed by atoms with Crippen LogP contribution < -0.4 is 0 Å². The van der Waals surface area contributed by atoms with E-state index in [0.29, 0.717) is 33.0 Å². The smallest absolute Gasteiger partial charge is 0.223 e. The third-order valence-corrected chi connectivity index (χ3v) is 4.99. The van der Waals surface area contributed by atoms with Crippen LogP contribution in [0.3, 0.4) is 0 Å². The van der Waals surface area contributed by atoms with Crippen LogP contribution in [0, 0.1) is 6.92 Å². The summed E-state index contributed by atoms with van der Waals surface area (Å²) in [6, 6.07) is 10.2. The van der Waals surface area contributed by atoms with Crippen molar-refractivity contribution >= 4 is 27.0 Å². The third kappa shape index (κ3) is 3.57. The summed E-state index contributed by atoms with van der Waals surface area (Å²) < 4.78 is 22.0. The molecule has 23 heavy (non-hydrogen) atoms. The highest BCUT2D eigenvalue weighted by Gasteiger charge is 2.09. The van der Waals surface area contributed by atoms with Crippen molar-refractivity contribution in [3.8, 4) is 11.5 Å². The molecular weight excluding hydrogens is 336 g/mol. The van der Waals surface area contributed by atoms with Gasteiger partial charge in [0.2, 0.25) is 11.7 Å². The first-order chi connectivity index (χ1) is 10.9. The molecule has 3 aromatic rings. The number of rotatable bonds is 3. The molecule has 2 aromatic heterocycles. The highest BCUT2D eigenvalue weighted by molar-refractivity contribution is 7.93. The zero-order chi connectivity index (χ0) is 16.4. The molecule has 1 unspecified atom stereocenters. The maximum atomic E-state index is 12.7. The molecule has 0 fully saturated rings. The van der Waals surface area contributed by atoms with Gasteiger partial charge >= 0.3 is 0 Å². The van der Waals surface area contributed by atoms with Gasteiger partial charge in [0.1, 0.15) is 5.69 Å². The van der Waals surface area contributed by atoms with E-state index in [0.717, 1.165) is 0 Å². The lowest BCUT2D eigenvalue weighted by Crippen LogP contribution is -1.96. The summed E-state index contributed by atoms with van der Waals surface area (Å²) in [5, 5.41) is 4.39. The van der Waals surface area contributed by atoms with Gasteiger partial charge in [-0.25, -0.2) is 4.21 Å².